The zero-order chi connectivity index (χ0) is 14.1. The van der Waals surface area contributed by atoms with Crippen LogP contribution in [-0.2, 0) is 0 Å². The standard InChI is InChI=1S/C17H13NO2/c1-12-10-11-13-6-2-3-7-14(13)17(12)15-8-4-5-9-16(15)18(19)20/h2-11H,1H3. The highest BCUT2D eigenvalue weighted by Gasteiger charge is 2.17. The van der Waals surface area contributed by atoms with E-state index in [1.54, 1.807) is 12.1 Å². The number of rotatable bonds is 2. The minimum atomic E-state index is -0.323. The summed E-state index contributed by atoms with van der Waals surface area (Å²) < 4.78 is 0. The molecule has 3 aromatic carbocycles. The van der Waals surface area contributed by atoms with Crippen molar-refractivity contribution >= 4 is 16.5 Å². The maximum Gasteiger partial charge on any atom is 0.277 e. The van der Waals surface area contributed by atoms with E-state index >= 15 is 0 Å². The van der Waals surface area contributed by atoms with Crippen molar-refractivity contribution in [3.63, 3.8) is 0 Å². The number of fused-ring (bicyclic) bond motifs is 1. The fourth-order valence-electron chi connectivity index (χ4n) is 2.58. The molecule has 0 atom stereocenters. The van der Waals surface area contributed by atoms with E-state index in [4.69, 9.17) is 0 Å². The molecule has 3 nitrogen and oxygen atoms in total. The summed E-state index contributed by atoms with van der Waals surface area (Å²) in [5.74, 6) is 0. The molecular formula is C17H13NO2. The van der Waals surface area contributed by atoms with Crippen LogP contribution in [0.4, 0.5) is 5.69 Å². The summed E-state index contributed by atoms with van der Waals surface area (Å²) in [7, 11) is 0. The fraction of sp³-hybridized carbons (Fsp3) is 0.0588. The van der Waals surface area contributed by atoms with Gasteiger partial charge in [-0.2, -0.15) is 0 Å². The van der Waals surface area contributed by atoms with Crippen LogP contribution >= 0.6 is 0 Å². The second-order valence-electron chi connectivity index (χ2n) is 4.75. The molecular weight excluding hydrogens is 250 g/mol. The van der Waals surface area contributed by atoms with Crippen LogP contribution in [0, 0.1) is 17.0 Å². The van der Waals surface area contributed by atoms with Gasteiger partial charge in [0, 0.05) is 6.07 Å². The monoisotopic (exact) mass is 263 g/mol. The van der Waals surface area contributed by atoms with Crippen molar-refractivity contribution in [1.29, 1.82) is 0 Å². The van der Waals surface area contributed by atoms with Gasteiger partial charge in [-0.3, -0.25) is 10.1 Å². The summed E-state index contributed by atoms with van der Waals surface area (Å²) in [6, 6.07) is 18.9. The molecule has 3 rings (SSSR count). The van der Waals surface area contributed by atoms with E-state index in [9.17, 15) is 10.1 Å². The molecule has 20 heavy (non-hydrogen) atoms. The average Bonchev–Trinajstić information content (AvgIpc) is 2.47. The molecule has 0 aliphatic carbocycles. The Morgan fingerprint density at radius 1 is 0.900 bits per heavy atom. The van der Waals surface area contributed by atoms with Crippen molar-refractivity contribution in [2.75, 3.05) is 0 Å². The number of hydrogen-bond donors (Lipinski definition) is 0. The second-order valence-corrected chi connectivity index (χ2v) is 4.75. The number of aryl methyl sites for hydroxylation is 1. The lowest BCUT2D eigenvalue weighted by Gasteiger charge is -2.11. The van der Waals surface area contributed by atoms with Gasteiger partial charge in [-0.25, -0.2) is 0 Å². The molecule has 0 N–H and O–H groups in total. The van der Waals surface area contributed by atoms with Crippen molar-refractivity contribution in [2.45, 2.75) is 6.92 Å². The molecule has 0 aliphatic rings. The molecule has 0 heterocycles. The average molecular weight is 263 g/mol. The van der Waals surface area contributed by atoms with Crippen LogP contribution in [0.5, 0.6) is 0 Å². The molecule has 0 radical (unpaired) electrons. The summed E-state index contributed by atoms with van der Waals surface area (Å²) in [5, 5.41) is 13.4. The molecule has 0 unspecified atom stereocenters. The van der Waals surface area contributed by atoms with Crippen molar-refractivity contribution in [2.24, 2.45) is 0 Å². The number of nitro benzene ring substituents is 1. The number of nitro groups is 1. The molecule has 0 saturated carbocycles. The normalized spacial score (nSPS) is 10.7. The van der Waals surface area contributed by atoms with E-state index in [-0.39, 0.29) is 10.6 Å². The molecule has 0 aliphatic heterocycles. The molecule has 0 bridgehead atoms. The number of nitrogens with zero attached hydrogens (tertiary/aromatic N) is 1. The Morgan fingerprint density at radius 2 is 1.60 bits per heavy atom. The van der Waals surface area contributed by atoms with Crippen molar-refractivity contribution in [1.82, 2.24) is 0 Å². The maximum absolute atomic E-state index is 11.2. The van der Waals surface area contributed by atoms with Gasteiger partial charge in [-0.1, -0.05) is 48.5 Å². The van der Waals surface area contributed by atoms with Crippen LogP contribution in [0.15, 0.2) is 60.7 Å². The van der Waals surface area contributed by atoms with Crippen molar-refractivity contribution in [3.05, 3.63) is 76.3 Å². The Hall–Kier alpha value is -2.68. The minimum Gasteiger partial charge on any atom is -0.258 e. The van der Waals surface area contributed by atoms with Gasteiger partial charge in [-0.15, -0.1) is 0 Å². The van der Waals surface area contributed by atoms with E-state index in [2.05, 4.69) is 0 Å². The number of hydrogen-bond acceptors (Lipinski definition) is 2. The lowest BCUT2D eigenvalue weighted by Crippen LogP contribution is -1.94. The highest BCUT2D eigenvalue weighted by atomic mass is 16.6. The first-order chi connectivity index (χ1) is 9.68. The van der Waals surface area contributed by atoms with Crippen LogP contribution in [0.3, 0.4) is 0 Å². The van der Waals surface area contributed by atoms with Gasteiger partial charge in [0.1, 0.15) is 0 Å². The molecule has 0 amide bonds. The largest absolute Gasteiger partial charge is 0.277 e. The van der Waals surface area contributed by atoms with Gasteiger partial charge in [0.25, 0.3) is 5.69 Å². The maximum atomic E-state index is 11.2. The summed E-state index contributed by atoms with van der Waals surface area (Å²) in [6.45, 7) is 1.98. The van der Waals surface area contributed by atoms with Gasteiger partial charge >= 0.3 is 0 Å². The summed E-state index contributed by atoms with van der Waals surface area (Å²) in [4.78, 5) is 10.9. The van der Waals surface area contributed by atoms with Gasteiger partial charge in [0.2, 0.25) is 0 Å². The predicted octanol–water partition coefficient (Wildman–Crippen LogP) is 4.72. The van der Waals surface area contributed by atoms with Gasteiger partial charge in [0.05, 0.1) is 10.5 Å². The number of benzene rings is 3. The van der Waals surface area contributed by atoms with E-state index in [0.717, 1.165) is 21.9 Å². The Bertz CT molecular complexity index is 809. The van der Waals surface area contributed by atoms with Crippen molar-refractivity contribution in [3.8, 4) is 11.1 Å². The Kier molecular flexibility index (Phi) is 2.95. The Morgan fingerprint density at radius 3 is 2.40 bits per heavy atom. The second kappa shape index (κ2) is 4.78. The van der Waals surface area contributed by atoms with Gasteiger partial charge in [-0.05, 0) is 34.9 Å². The highest BCUT2D eigenvalue weighted by molar-refractivity contribution is 6.00. The van der Waals surface area contributed by atoms with E-state index in [0.29, 0.717) is 5.56 Å². The highest BCUT2D eigenvalue weighted by Crippen LogP contribution is 2.36. The first kappa shape index (κ1) is 12.4. The van der Waals surface area contributed by atoms with Crippen LogP contribution in [0.2, 0.25) is 0 Å². The SMILES string of the molecule is Cc1ccc2ccccc2c1-c1ccccc1[N+](=O)[O-]. The fourth-order valence-corrected chi connectivity index (χ4v) is 2.58. The molecule has 98 valence electrons. The Balaban J connectivity index is 2.41. The van der Waals surface area contributed by atoms with Crippen molar-refractivity contribution < 1.29 is 4.92 Å². The summed E-state index contributed by atoms with van der Waals surface area (Å²) in [6.07, 6.45) is 0. The quantitative estimate of drug-likeness (QED) is 0.495. The molecule has 3 aromatic rings. The summed E-state index contributed by atoms with van der Waals surface area (Å²) >= 11 is 0. The zero-order valence-electron chi connectivity index (χ0n) is 11.0. The lowest BCUT2D eigenvalue weighted by molar-refractivity contribution is -0.384. The van der Waals surface area contributed by atoms with Gasteiger partial charge < -0.3 is 0 Å². The van der Waals surface area contributed by atoms with Crippen LogP contribution < -0.4 is 0 Å². The molecule has 0 spiro atoms. The molecule has 0 fully saturated rings. The Labute approximate surface area is 116 Å². The third-order valence-electron chi connectivity index (χ3n) is 3.51. The molecule has 3 heteroatoms. The third-order valence-corrected chi connectivity index (χ3v) is 3.51. The van der Waals surface area contributed by atoms with Crippen LogP contribution in [0.25, 0.3) is 21.9 Å². The predicted molar refractivity (Wildman–Crippen MR) is 80.8 cm³/mol. The lowest BCUT2D eigenvalue weighted by atomic mass is 9.93. The summed E-state index contributed by atoms with van der Waals surface area (Å²) in [5.41, 5.74) is 2.80. The minimum absolute atomic E-state index is 0.145. The van der Waals surface area contributed by atoms with E-state index in [1.165, 1.54) is 0 Å². The van der Waals surface area contributed by atoms with Crippen LogP contribution in [0.1, 0.15) is 5.56 Å². The van der Waals surface area contributed by atoms with Gasteiger partial charge in [0.15, 0.2) is 0 Å². The molecule has 0 aromatic heterocycles. The van der Waals surface area contributed by atoms with E-state index in [1.807, 2.05) is 55.5 Å². The first-order valence-corrected chi connectivity index (χ1v) is 6.40. The van der Waals surface area contributed by atoms with E-state index < -0.39 is 0 Å². The number of para-hydroxylation sites is 1. The molecule has 0 saturated heterocycles. The van der Waals surface area contributed by atoms with Crippen LogP contribution in [-0.4, -0.2) is 4.92 Å². The zero-order valence-corrected chi connectivity index (χ0v) is 11.0. The topological polar surface area (TPSA) is 43.1 Å². The smallest absolute Gasteiger partial charge is 0.258 e. The first-order valence-electron chi connectivity index (χ1n) is 6.40. The third kappa shape index (κ3) is 1.93.